The third-order valence-corrected chi connectivity index (χ3v) is 2.99. The van der Waals surface area contributed by atoms with Crippen LogP contribution in [0, 0.1) is 5.82 Å². The highest BCUT2D eigenvalue weighted by molar-refractivity contribution is 5.85. The Bertz CT molecular complexity index is 651. The molecule has 2 N–H and O–H groups in total. The Balaban J connectivity index is 2.40. The molecule has 4 nitrogen and oxygen atoms in total. The number of rotatable bonds is 1. The van der Waals surface area contributed by atoms with Gasteiger partial charge in [-0.25, -0.2) is 4.39 Å². The van der Waals surface area contributed by atoms with Crippen molar-refractivity contribution in [1.82, 2.24) is 4.57 Å². The molecule has 0 radical (unpaired) electrons. The van der Waals surface area contributed by atoms with Crippen molar-refractivity contribution in [2.24, 2.45) is 5.73 Å². The van der Waals surface area contributed by atoms with Crippen LogP contribution in [0.25, 0.3) is 10.9 Å². The van der Waals surface area contributed by atoms with Gasteiger partial charge in [0.1, 0.15) is 6.10 Å². The summed E-state index contributed by atoms with van der Waals surface area (Å²) in [6, 6.07) is 6.12. The van der Waals surface area contributed by atoms with Gasteiger partial charge in [0.15, 0.2) is 11.6 Å². The first kappa shape index (κ1) is 10.3. The molecule has 17 heavy (non-hydrogen) atoms. The van der Waals surface area contributed by atoms with Crippen LogP contribution in [0.3, 0.4) is 0 Å². The molecule has 1 aliphatic rings. The predicted molar refractivity (Wildman–Crippen MR) is 61.6 cm³/mol. The third kappa shape index (κ3) is 1.43. The van der Waals surface area contributed by atoms with Crippen molar-refractivity contribution in [2.45, 2.75) is 12.6 Å². The van der Waals surface area contributed by atoms with E-state index in [9.17, 15) is 9.18 Å². The van der Waals surface area contributed by atoms with Gasteiger partial charge in [0.2, 0.25) is 0 Å². The lowest BCUT2D eigenvalue weighted by Gasteiger charge is -2.26. The SMILES string of the molecule is NC[C@H]1Cn2c(=O)ccc3ccc(F)c(c32)O1. The fourth-order valence-corrected chi connectivity index (χ4v) is 2.16. The summed E-state index contributed by atoms with van der Waals surface area (Å²) in [5, 5.41) is 0.788. The predicted octanol–water partition coefficient (Wildman–Crippen LogP) is 0.860. The van der Waals surface area contributed by atoms with Gasteiger partial charge < -0.3 is 15.0 Å². The fourth-order valence-electron chi connectivity index (χ4n) is 2.16. The summed E-state index contributed by atoms with van der Waals surface area (Å²) in [5.41, 5.74) is 5.88. The van der Waals surface area contributed by atoms with E-state index < -0.39 is 5.82 Å². The zero-order chi connectivity index (χ0) is 12.0. The molecule has 5 heteroatoms. The molecule has 1 aliphatic heterocycles. The van der Waals surface area contributed by atoms with Gasteiger partial charge in [0.25, 0.3) is 5.56 Å². The molecule has 1 atom stereocenters. The number of halogens is 1. The number of nitrogens with two attached hydrogens (primary N) is 1. The quantitative estimate of drug-likeness (QED) is 0.796. The topological polar surface area (TPSA) is 57.2 Å². The number of hydrogen-bond donors (Lipinski definition) is 1. The first-order valence-corrected chi connectivity index (χ1v) is 5.39. The summed E-state index contributed by atoms with van der Waals surface area (Å²) >= 11 is 0. The van der Waals surface area contributed by atoms with Gasteiger partial charge in [0, 0.05) is 18.0 Å². The van der Waals surface area contributed by atoms with E-state index in [1.165, 1.54) is 16.7 Å². The lowest BCUT2D eigenvalue weighted by atomic mass is 10.1. The van der Waals surface area contributed by atoms with Gasteiger partial charge in [-0.3, -0.25) is 4.79 Å². The molecule has 0 aliphatic carbocycles. The fraction of sp³-hybridized carbons (Fsp3) is 0.250. The molecule has 1 aromatic heterocycles. The number of hydrogen-bond acceptors (Lipinski definition) is 3. The van der Waals surface area contributed by atoms with E-state index in [4.69, 9.17) is 10.5 Å². The molecule has 2 aromatic rings. The number of nitrogens with zero attached hydrogens (tertiary/aromatic N) is 1. The Labute approximate surface area is 96.4 Å². The van der Waals surface area contributed by atoms with Crippen LogP contribution in [-0.4, -0.2) is 17.2 Å². The van der Waals surface area contributed by atoms with Gasteiger partial charge >= 0.3 is 0 Å². The minimum atomic E-state index is -0.463. The third-order valence-electron chi connectivity index (χ3n) is 2.99. The Morgan fingerprint density at radius 3 is 2.94 bits per heavy atom. The second-order valence-electron chi connectivity index (χ2n) is 4.07. The largest absolute Gasteiger partial charge is 0.482 e. The van der Waals surface area contributed by atoms with E-state index in [1.54, 1.807) is 12.1 Å². The summed E-state index contributed by atoms with van der Waals surface area (Å²) in [4.78, 5) is 11.8. The van der Waals surface area contributed by atoms with Gasteiger partial charge in [-0.2, -0.15) is 0 Å². The minimum Gasteiger partial charge on any atom is -0.482 e. The molecule has 0 saturated carbocycles. The van der Waals surface area contributed by atoms with E-state index >= 15 is 0 Å². The van der Waals surface area contributed by atoms with Crippen molar-refractivity contribution in [3.05, 3.63) is 40.4 Å². The van der Waals surface area contributed by atoms with Crippen LogP contribution in [-0.2, 0) is 6.54 Å². The van der Waals surface area contributed by atoms with E-state index in [2.05, 4.69) is 0 Å². The van der Waals surface area contributed by atoms with Crippen molar-refractivity contribution in [1.29, 1.82) is 0 Å². The summed E-state index contributed by atoms with van der Waals surface area (Å²) in [6.07, 6.45) is -0.359. The highest BCUT2D eigenvalue weighted by Crippen LogP contribution is 2.31. The Kier molecular flexibility index (Phi) is 2.16. The first-order valence-electron chi connectivity index (χ1n) is 5.39. The normalized spacial score (nSPS) is 18.1. The van der Waals surface area contributed by atoms with Crippen LogP contribution in [0.2, 0.25) is 0 Å². The lowest BCUT2D eigenvalue weighted by Crippen LogP contribution is -2.38. The Hall–Kier alpha value is -1.88. The maximum atomic E-state index is 13.7. The number of ether oxygens (including phenoxy) is 1. The summed E-state index contributed by atoms with van der Waals surface area (Å²) in [7, 11) is 0. The number of pyridine rings is 1. The summed E-state index contributed by atoms with van der Waals surface area (Å²) in [5.74, 6) is -0.336. The molecule has 1 aromatic carbocycles. The molecular formula is C12H11FN2O2. The zero-order valence-corrected chi connectivity index (χ0v) is 9.02. The molecule has 3 rings (SSSR count). The van der Waals surface area contributed by atoms with E-state index in [0.717, 1.165) is 5.39 Å². The first-order chi connectivity index (χ1) is 8.20. The molecule has 0 unspecified atom stereocenters. The van der Waals surface area contributed by atoms with Gasteiger partial charge in [-0.05, 0) is 18.2 Å². The van der Waals surface area contributed by atoms with E-state index in [0.29, 0.717) is 12.1 Å². The average Bonchev–Trinajstić information content (AvgIpc) is 2.36. The van der Waals surface area contributed by atoms with Crippen molar-refractivity contribution < 1.29 is 9.13 Å². The van der Waals surface area contributed by atoms with Crippen LogP contribution in [0.4, 0.5) is 4.39 Å². The summed E-state index contributed by atoms with van der Waals surface area (Å²) in [6.45, 7) is 0.611. The van der Waals surface area contributed by atoms with E-state index in [-0.39, 0.29) is 24.0 Å². The van der Waals surface area contributed by atoms with Crippen LogP contribution in [0.15, 0.2) is 29.1 Å². The van der Waals surface area contributed by atoms with Gasteiger partial charge in [-0.15, -0.1) is 0 Å². The summed E-state index contributed by atoms with van der Waals surface area (Å²) < 4.78 is 20.7. The van der Waals surface area contributed by atoms with Crippen molar-refractivity contribution in [3.8, 4) is 5.75 Å². The lowest BCUT2D eigenvalue weighted by molar-refractivity contribution is 0.169. The Morgan fingerprint density at radius 1 is 1.41 bits per heavy atom. The molecule has 0 amide bonds. The Morgan fingerprint density at radius 2 is 2.18 bits per heavy atom. The average molecular weight is 234 g/mol. The van der Waals surface area contributed by atoms with E-state index in [1.807, 2.05) is 0 Å². The van der Waals surface area contributed by atoms with Crippen LogP contribution in [0.1, 0.15) is 0 Å². The zero-order valence-electron chi connectivity index (χ0n) is 9.02. The minimum absolute atomic E-state index is 0.127. The van der Waals surface area contributed by atoms with Crippen LogP contribution < -0.4 is 16.0 Å². The van der Waals surface area contributed by atoms with Crippen LogP contribution >= 0.6 is 0 Å². The maximum absolute atomic E-state index is 13.7. The standard InChI is InChI=1S/C12H11FN2O2/c13-9-3-1-7-2-4-10(16)15-6-8(5-14)17-12(9)11(7)15/h1-4,8H,5-6,14H2/t8-/m0/s1. The van der Waals surface area contributed by atoms with Gasteiger partial charge in [0.05, 0.1) is 12.1 Å². The monoisotopic (exact) mass is 234 g/mol. The molecular weight excluding hydrogens is 223 g/mol. The smallest absolute Gasteiger partial charge is 0.251 e. The number of aromatic nitrogens is 1. The molecule has 0 fully saturated rings. The maximum Gasteiger partial charge on any atom is 0.251 e. The van der Waals surface area contributed by atoms with Crippen molar-refractivity contribution in [3.63, 3.8) is 0 Å². The molecule has 2 heterocycles. The van der Waals surface area contributed by atoms with Crippen LogP contribution in [0.5, 0.6) is 5.75 Å². The molecule has 88 valence electrons. The van der Waals surface area contributed by atoms with Crippen molar-refractivity contribution >= 4 is 10.9 Å². The highest BCUT2D eigenvalue weighted by Gasteiger charge is 2.24. The molecule has 0 spiro atoms. The second-order valence-corrected chi connectivity index (χ2v) is 4.07. The number of benzene rings is 1. The highest BCUT2D eigenvalue weighted by atomic mass is 19.1. The van der Waals surface area contributed by atoms with Gasteiger partial charge in [-0.1, -0.05) is 0 Å². The molecule has 0 saturated heterocycles. The second kappa shape index (κ2) is 3.56. The molecule has 0 bridgehead atoms. The van der Waals surface area contributed by atoms with Crippen molar-refractivity contribution in [2.75, 3.05) is 6.54 Å².